The molecule has 0 fully saturated rings. The summed E-state index contributed by atoms with van der Waals surface area (Å²) in [4.78, 5) is 25.3. The Hall–Kier alpha value is -2.33. The van der Waals surface area contributed by atoms with E-state index in [1.807, 2.05) is 54.6 Å². The van der Waals surface area contributed by atoms with Gasteiger partial charge in [0.15, 0.2) is 0 Å². The molecule has 0 bridgehead atoms. The molecule has 0 aliphatic rings. The van der Waals surface area contributed by atoms with Crippen LogP contribution in [0.25, 0.3) is 0 Å². The molecule has 2 aromatic carbocycles. The van der Waals surface area contributed by atoms with Crippen LogP contribution in [0.4, 0.5) is 0 Å². The Labute approximate surface area is 147 Å². The topological polar surface area (TPSA) is 46.6 Å². The Morgan fingerprint density at radius 3 is 2.21 bits per heavy atom. The summed E-state index contributed by atoms with van der Waals surface area (Å²) < 4.78 is 4.61. The van der Waals surface area contributed by atoms with Crippen molar-refractivity contribution < 1.29 is 14.3 Å². The number of esters is 1. The maximum atomic E-state index is 12.5. The third-order valence-electron chi connectivity index (χ3n) is 3.87. The fraction of sp³-hybridized carbons (Fsp3) is 0.263. The molecular weight excluding hydrogens is 326 g/mol. The fourth-order valence-corrected chi connectivity index (χ4v) is 2.61. The number of methoxy groups -OCH3 is 1. The summed E-state index contributed by atoms with van der Waals surface area (Å²) >= 11 is 5.97. The molecule has 24 heavy (non-hydrogen) atoms. The lowest BCUT2D eigenvalue weighted by Gasteiger charge is -2.22. The zero-order valence-corrected chi connectivity index (χ0v) is 14.5. The molecule has 0 saturated carbocycles. The smallest absolute Gasteiger partial charge is 0.325 e. The SMILES string of the molecule is COC(=O)CN(C)C(=O)C[C@@H](c1ccccc1)c1ccc(Cl)cc1. The van der Waals surface area contributed by atoms with Gasteiger partial charge >= 0.3 is 5.97 Å². The molecule has 2 rings (SSSR count). The van der Waals surface area contributed by atoms with Gasteiger partial charge in [0.1, 0.15) is 6.54 Å². The van der Waals surface area contributed by atoms with Crippen LogP contribution in [0.15, 0.2) is 54.6 Å². The predicted octanol–water partition coefficient (Wildman–Crippen LogP) is 3.49. The van der Waals surface area contributed by atoms with Gasteiger partial charge in [-0.05, 0) is 23.3 Å². The molecule has 0 aliphatic carbocycles. The van der Waals surface area contributed by atoms with E-state index in [2.05, 4.69) is 4.74 Å². The van der Waals surface area contributed by atoms with Crippen molar-refractivity contribution in [3.8, 4) is 0 Å². The van der Waals surface area contributed by atoms with E-state index in [0.717, 1.165) is 11.1 Å². The molecule has 0 unspecified atom stereocenters. The highest BCUT2D eigenvalue weighted by molar-refractivity contribution is 6.30. The number of ether oxygens (including phenoxy) is 1. The van der Waals surface area contributed by atoms with E-state index in [1.165, 1.54) is 12.0 Å². The first kappa shape index (κ1) is 18.0. The highest BCUT2D eigenvalue weighted by Crippen LogP contribution is 2.29. The van der Waals surface area contributed by atoms with E-state index < -0.39 is 5.97 Å². The number of rotatable bonds is 6. The molecule has 1 atom stereocenters. The normalized spacial score (nSPS) is 11.6. The second-order valence-electron chi connectivity index (χ2n) is 5.54. The molecule has 0 aromatic heterocycles. The standard InChI is InChI=1S/C19H20ClNO3/c1-21(13-19(23)24-2)18(22)12-17(14-6-4-3-5-7-14)15-8-10-16(20)11-9-15/h3-11,17H,12-13H2,1-2H3/t17-/m0/s1. The summed E-state index contributed by atoms with van der Waals surface area (Å²) in [5.74, 6) is -0.658. The molecule has 5 heteroatoms. The molecular formula is C19H20ClNO3. The summed E-state index contributed by atoms with van der Waals surface area (Å²) in [5, 5.41) is 0.652. The lowest BCUT2D eigenvalue weighted by molar-refractivity contribution is -0.146. The Balaban J connectivity index is 2.22. The highest BCUT2D eigenvalue weighted by Gasteiger charge is 2.21. The number of nitrogens with zero attached hydrogens (tertiary/aromatic N) is 1. The van der Waals surface area contributed by atoms with Crippen molar-refractivity contribution in [1.82, 2.24) is 4.90 Å². The minimum atomic E-state index is -0.436. The highest BCUT2D eigenvalue weighted by atomic mass is 35.5. The lowest BCUT2D eigenvalue weighted by atomic mass is 9.88. The van der Waals surface area contributed by atoms with E-state index in [4.69, 9.17) is 11.6 Å². The van der Waals surface area contributed by atoms with Gasteiger partial charge in [0.05, 0.1) is 7.11 Å². The van der Waals surface area contributed by atoms with Crippen molar-refractivity contribution in [3.05, 3.63) is 70.7 Å². The summed E-state index contributed by atoms with van der Waals surface area (Å²) in [6.07, 6.45) is 0.263. The van der Waals surface area contributed by atoms with E-state index in [0.29, 0.717) is 5.02 Å². The summed E-state index contributed by atoms with van der Waals surface area (Å²) in [6.45, 7) is -0.0581. The van der Waals surface area contributed by atoms with Crippen LogP contribution in [-0.2, 0) is 14.3 Å². The predicted molar refractivity (Wildman–Crippen MR) is 94.0 cm³/mol. The Morgan fingerprint density at radius 2 is 1.62 bits per heavy atom. The Kier molecular flexibility index (Phi) is 6.38. The first-order valence-electron chi connectivity index (χ1n) is 7.62. The second-order valence-corrected chi connectivity index (χ2v) is 5.98. The van der Waals surface area contributed by atoms with Gasteiger partial charge in [-0.25, -0.2) is 0 Å². The molecule has 1 amide bonds. The zero-order chi connectivity index (χ0) is 17.5. The largest absolute Gasteiger partial charge is 0.468 e. The number of carbonyl (C=O) groups is 2. The fourth-order valence-electron chi connectivity index (χ4n) is 2.49. The summed E-state index contributed by atoms with van der Waals surface area (Å²) in [6, 6.07) is 17.3. The minimum Gasteiger partial charge on any atom is -0.468 e. The Morgan fingerprint density at radius 1 is 1.04 bits per heavy atom. The summed E-state index contributed by atoms with van der Waals surface area (Å²) in [5.41, 5.74) is 2.05. The molecule has 0 heterocycles. The van der Waals surface area contributed by atoms with Gasteiger partial charge in [-0.3, -0.25) is 9.59 Å². The number of hydrogen-bond acceptors (Lipinski definition) is 3. The Bertz CT molecular complexity index is 686. The van der Waals surface area contributed by atoms with E-state index >= 15 is 0 Å². The van der Waals surface area contributed by atoms with Gasteiger partial charge in [0, 0.05) is 24.4 Å². The first-order valence-corrected chi connectivity index (χ1v) is 8.00. The van der Waals surface area contributed by atoms with E-state index in [1.54, 1.807) is 7.05 Å². The van der Waals surface area contributed by atoms with Crippen molar-refractivity contribution >= 4 is 23.5 Å². The van der Waals surface area contributed by atoms with Crippen molar-refractivity contribution in [1.29, 1.82) is 0 Å². The maximum Gasteiger partial charge on any atom is 0.325 e. The van der Waals surface area contributed by atoms with Crippen molar-refractivity contribution in [2.45, 2.75) is 12.3 Å². The van der Waals surface area contributed by atoms with Crippen LogP contribution in [-0.4, -0.2) is 37.5 Å². The molecule has 0 aliphatic heterocycles. The molecule has 0 N–H and O–H groups in total. The molecule has 0 spiro atoms. The number of likely N-dealkylation sites (N-methyl/N-ethyl adjacent to an activating group) is 1. The van der Waals surface area contributed by atoms with Gasteiger partial charge in [-0.2, -0.15) is 0 Å². The number of benzene rings is 2. The monoisotopic (exact) mass is 345 g/mol. The van der Waals surface area contributed by atoms with Crippen LogP contribution in [0.2, 0.25) is 5.02 Å². The average Bonchev–Trinajstić information content (AvgIpc) is 2.61. The van der Waals surface area contributed by atoms with Crippen LogP contribution in [0, 0.1) is 0 Å². The quantitative estimate of drug-likeness (QED) is 0.753. The van der Waals surface area contributed by atoms with E-state index in [-0.39, 0.29) is 24.8 Å². The van der Waals surface area contributed by atoms with Crippen molar-refractivity contribution in [3.63, 3.8) is 0 Å². The van der Waals surface area contributed by atoms with Gasteiger partial charge in [-0.15, -0.1) is 0 Å². The van der Waals surface area contributed by atoms with Crippen LogP contribution in [0.5, 0.6) is 0 Å². The van der Waals surface area contributed by atoms with Crippen molar-refractivity contribution in [2.24, 2.45) is 0 Å². The van der Waals surface area contributed by atoms with Crippen LogP contribution in [0.1, 0.15) is 23.5 Å². The van der Waals surface area contributed by atoms with E-state index in [9.17, 15) is 9.59 Å². The molecule has 0 radical (unpaired) electrons. The van der Waals surface area contributed by atoms with Crippen LogP contribution in [0.3, 0.4) is 0 Å². The molecule has 0 saturated heterocycles. The summed E-state index contributed by atoms with van der Waals surface area (Å²) in [7, 11) is 2.91. The molecule has 4 nitrogen and oxygen atoms in total. The lowest BCUT2D eigenvalue weighted by Crippen LogP contribution is -2.33. The van der Waals surface area contributed by atoms with Gasteiger partial charge in [-0.1, -0.05) is 54.1 Å². The van der Waals surface area contributed by atoms with Gasteiger partial charge in [0.25, 0.3) is 0 Å². The minimum absolute atomic E-state index is 0.0581. The molecule has 2 aromatic rings. The number of hydrogen-bond donors (Lipinski definition) is 0. The third-order valence-corrected chi connectivity index (χ3v) is 4.12. The first-order chi connectivity index (χ1) is 11.5. The van der Waals surface area contributed by atoms with Crippen LogP contribution < -0.4 is 0 Å². The number of halogens is 1. The van der Waals surface area contributed by atoms with Gasteiger partial charge in [0.2, 0.25) is 5.91 Å². The average molecular weight is 346 g/mol. The maximum absolute atomic E-state index is 12.5. The number of amides is 1. The third kappa shape index (κ3) is 4.83. The zero-order valence-electron chi connectivity index (χ0n) is 13.7. The van der Waals surface area contributed by atoms with Crippen molar-refractivity contribution in [2.75, 3.05) is 20.7 Å². The molecule has 126 valence electrons. The van der Waals surface area contributed by atoms with Crippen LogP contribution >= 0.6 is 11.6 Å². The van der Waals surface area contributed by atoms with Gasteiger partial charge < -0.3 is 9.64 Å². The second kappa shape index (κ2) is 8.50. The number of carbonyl (C=O) groups excluding carboxylic acids is 2.